The summed E-state index contributed by atoms with van der Waals surface area (Å²) in [6, 6.07) is 11.6. The van der Waals surface area contributed by atoms with Gasteiger partial charge in [0.15, 0.2) is 5.13 Å². The van der Waals surface area contributed by atoms with Crippen LogP contribution in [0.4, 0.5) is 5.13 Å². The van der Waals surface area contributed by atoms with E-state index in [1.54, 1.807) is 25.1 Å². The summed E-state index contributed by atoms with van der Waals surface area (Å²) in [5.41, 5.74) is 2.40. The number of nitrogens with one attached hydrogen (secondary N) is 2. The van der Waals surface area contributed by atoms with Crippen molar-refractivity contribution in [3.63, 3.8) is 0 Å². The SMILES string of the molecule is Cc1ccc2nc(NC(=O)[C@H](C)N=C3NS(=O)(=O)c4ccccc43)sc2c1. The van der Waals surface area contributed by atoms with Crippen molar-refractivity contribution >= 4 is 48.5 Å². The molecule has 2 aromatic carbocycles. The monoisotopic (exact) mass is 400 g/mol. The van der Waals surface area contributed by atoms with Gasteiger partial charge in [-0.3, -0.25) is 14.5 Å². The van der Waals surface area contributed by atoms with E-state index in [2.05, 4.69) is 20.0 Å². The Kier molecular flexibility index (Phi) is 4.20. The van der Waals surface area contributed by atoms with Gasteiger partial charge < -0.3 is 5.32 Å². The zero-order chi connectivity index (χ0) is 19.2. The van der Waals surface area contributed by atoms with Crippen LogP contribution in [0.5, 0.6) is 0 Å². The molecule has 1 aliphatic heterocycles. The number of nitrogens with zero attached hydrogens (tertiary/aromatic N) is 2. The zero-order valence-electron chi connectivity index (χ0n) is 14.6. The van der Waals surface area contributed by atoms with Gasteiger partial charge in [-0.25, -0.2) is 13.4 Å². The lowest BCUT2D eigenvalue weighted by molar-refractivity contribution is -0.117. The van der Waals surface area contributed by atoms with Crippen molar-refractivity contribution in [2.24, 2.45) is 4.99 Å². The largest absolute Gasteiger partial charge is 0.300 e. The van der Waals surface area contributed by atoms with Gasteiger partial charge in [-0.2, -0.15) is 0 Å². The number of sulfonamides is 1. The molecule has 1 aromatic heterocycles. The van der Waals surface area contributed by atoms with Crippen LogP contribution in [0.1, 0.15) is 18.1 Å². The summed E-state index contributed by atoms with van der Waals surface area (Å²) in [7, 11) is -3.63. The highest BCUT2D eigenvalue weighted by Crippen LogP contribution is 2.27. The van der Waals surface area contributed by atoms with Crippen LogP contribution < -0.4 is 10.0 Å². The quantitative estimate of drug-likeness (QED) is 0.706. The van der Waals surface area contributed by atoms with Gasteiger partial charge in [-0.05, 0) is 43.7 Å². The van der Waals surface area contributed by atoms with Crippen LogP contribution in [-0.4, -0.2) is 31.2 Å². The molecule has 9 heteroatoms. The Morgan fingerprint density at radius 3 is 2.85 bits per heavy atom. The average molecular weight is 400 g/mol. The number of benzene rings is 2. The zero-order valence-corrected chi connectivity index (χ0v) is 16.2. The summed E-state index contributed by atoms with van der Waals surface area (Å²) in [6.07, 6.45) is 0. The van der Waals surface area contributed by atoms with Crippen molar-refractivity contribution in [1.82, 2.24) is 9.71 Å². The Morgan fingerprint density at radius 1 is 1.26 bits per heavy atom. The molecule has 1 atom stereocenters. The molecule has 4 rings (SSSR count). The van der Waals surface area contributed by atoms with Crippen molar-refractivity contribution in [2.75, 3.05) is 5.32 Å². The molecule has 2 heterocycles. The summed E-state index contributed by atoms with van der Waals surface area (Å²) >= 11 is 1.39. The van der Waals surface area contributed by atoms with E-state index in [-0.39, 0.29) is 16.6 Å². The van der Waals surface area contributed by atoms with Crippen LogP contribution in [0.25, 0.3) is 10.2 Å². The summed E-state index contributed by atoms with van der Waals surface area (Å²) in [5, 5.41) is 3.24. The van der Waals surface area contributed by atoms with E-state index in [1.165, 1.54) is 17.4 Å². The van der Waals surface area contributed by atoms with Gasteiger partial charge in [0.1, 0.15) is 11.9 Å². The molecule has 7 nitrogen and oxygen atoms in total. The van der Waals surface area contributed by atoms with Crippen molar-refractivity contribution in [3.8, 4) is 0 Å². The van der Waals surface area contributed by atoms with Crippen molar-refractivity contribution in [3.05, 3.63) is 53.6 Å². The van der Waals surface area contributed by atoms with Crippen LogP contribution in [0, 0.1) is 6.92 Å². The Hall–Kier alpha value is -2.78. The number of anilines is 1. The molecule has 27 heavy (non-hydrogen) atoms. The number of amidine groups is 1. The van der Waals surface area contributed by atoms with E-state index in [0.717, 1.165) is 15.8 Å². The molecule has 0 bridgehead atoms. The molecule has 1 amide bonds. The minimum Gasteiger partial charge on any atom is -0.300 e. The van der Waals surface area contributed by atoms with Crippen LogP contribution in [0.15, 0.2) is 52.4 Å². The second kappa shape index (κ2) is 6.43. The normalized spacial score (nSPS) is 17.5. The maximum absolute atomic E-state index is 12.5. The molecule has 0 saturated heterocycles. The number of aryl methyl sites for hydroxylation is 1. The first-order valence-corrected chi connectivity index (χ1v) is 10.5. The fourth-order valence-corrected chi connectivity index (χ4v) is 4.98. The molecule has 2 N–H and O–H groups in total. The Balaban J connectivity index is 1.57. The highest BCUT2D eigenvalue weighted by molar-refractivity contribution is 7.90. The number of aromatic nitrogens is 1. The van der Waals surface area contributed by atoms with E-state index >= 15 is 0 Å². The minimum absolute atomic E-state index is 0.165. The van der Waals surface area contributed by atoms with E-state index in [4.69, 9.17) is 0 Å². The molecular formula is C18H16N4O3S2. The summed E-state index contributed by atoms with van der Waals surface area (Å²) in [6.45, 7) is 3.60. The Labute approximate surface area is 160 Å². The molecule has 0 spiro atoms. The first-order valence-electron chi connectivity index (χ1n) is 8.21. The first-order chi connectivity index (χ1) is 12.8. The predicted octanol–water partition coefficient (Wildman–Crippen LogP) is 2.67. The summed E-state index contributed by atoms with van der Waals surface area (Å²) in [5.74, 6) is -0.185. The van der Waals surface area contributed by atoms with Gasteiger partial charge in [0.2, 0.25) is 0 Å². The number of carbonyl (C=O) groups excluding carboxylic acids is 1. The van der Waals surface area contributed by atoms with Gasteiger partial charge in [-0.1, -0.05) is 29.5 Å². The number of rotatable bonds is 3. The lowest BCUT2D eigenvalue weighted by Crippen LogP contribution is -2.28. The fraction of sp³-hybridized carbons (Fsp3) is 0.167. The molecule has 1 aliphatic rings. The second-order valence-corrected chi connectivity index (χ2v) is 8.92. The molecule has 3 aromatic rings. The number of fused-ring (bicyclic) bond motifs is 2. The molecule has 0 aliphatic carbocycles. The third-order valence-electron chi connectivity index (χ3n) is 4.14. The van der Waals surface area contributed by atoms with Gasteiger partial charge in [0, 0.05) is 5.56 Å². The average Bonchev–Trinajstić information content (AvgIpc) is 3.12. The maximum Gasteiger partial charge on any atom is 0.263 e. The molecular weight excluding hydrogens is 384 g/mol. The summed E-state index contributed by atoms with van der Waals surface area (Å²) < 4.78 is 27.7. The predicted molar refractivity (Wildman–Crippen MR) is 106 cm³/mol. The van der Waals surface area contributed by atoms with Gasteiger partial charge in [0.05, 0.1) is 15.1 Å². The molecule has 0 unspecified atom stereocenters. The van der Waals surface area contributed by atoms with Crippen LogP contribution in [0.2, 0.25) is 0 Å². The van der Waals surface area contributed by atoms with E-state index in [9.17, 15) is 13.2 Å². The second-order valence-electron chi connectivity index (χ2n) is 6.23. The third-order valence-corrected chi connectivity index (χ3v) is 6.47. The number of hydrogen-bond donors (Lipinski definition) is 2. The van der Waals surface area contributed by atoms with Crippen LogP contribution in [-0.2, 0) is 14.8 Å². The molecule has 0 fully saturated rings. The lowest BCUT2D eigenvalue weighted by atomic mass is 10.2. The van der Waals surface area contributed by atoms with E-state index < -0.39 is 16.1 Å². The number of aliphatic imine (C=N–C) groups is 1. The Bertz CT molecular complexity index is 1200. The molecule has 0 saturated carbocycles. The number of hydrogen-bond acceptors (Lipinski definition) is 6. The fourth-order valence-electron chi connectivity index (χ4n) is 2.78. The van der Waals surface area contributed by atoms with E-state index in [1.807, 2.05) is 25.1 Å². The van der Waals surface area contributed by atoms with Crippen molar-refractivity contribution in [2.45, 2.75) is 24.8 Å². The Morgan fingerprint density at radius 2 is 2.04 bits per heavy atom. The standard InChI is InChI=1S/C18H16N4O3S2/c1-10-7-8-13-14(9-10)26-18(20-13)21-17(23)11(2)19-16-12-5-3-4-6-15(12)27(24,25)22-16/h3-9,11H,1-2H3,(H,19,22)(H,20,21,23)/t11-/m0/s1. The maximum atomic E-state index is 12.5. The van der Waals surface area contributed by atoms with Crippen molar-refractivity contribution in [1.29, 1.82) is 0 Å². The highest BCUT2D eigenvalue weighted by atomic mass is 32.2. The van der Waals surface area contributed by atoms with Gasteiger partial charge in [-0.15, -0.1) is 0 Å². The molecule has 0 radical (unpaired) electrons. The smallest absolute Gasteiger partial charge is 0.263 e. The lowest BCUT2D eigenvalue weighted by Gasteiger charge is -2.07. The van der Waals surface area contributed by atoms with Crippen LogP contribution >= 0.6 is 11.3 Å². The van der Waals surface area contributed by atoms with Crippen LogP contribution in [0.3, 0.4) is 0 Å². The third kappa shape index (κ3) is 3.31. The summed E-state index contributed by atoms with van der Waals surface area (Å²) in [4.78, 5) is 21.3. The number of thiazole rings is 1. The van der Waals surface area contributed by atoms with Crippen molar-refractivity contribution < 1.29 is 13.2 Å². The number of carbonyl (C=O) groups is 1. The minimum atomic E-state index is -3.63. The molecule has 138 valence electrons. The van der Waals surface area contributed by atoms with Gasteiger partial charge >= 0.3 is 0 Å². The topological polar surface area (TPSA) is 101 Å². The highest BCUT2D eigenvalue weighted by Gasteiger charge is 2.31. The van der Waals surface area contributed by atoms with E-state index in [0.29, 0.717) is 10.7 Å². The van der Waals surface area contributed by atoms with Gasteiger partial charge in [0.25, 0.3) is 15.9 Å². The first kappa shape index (κ1) is 17.6. The number of amides is 1.